The molecule has 1 amide bonds. The molecule has 0 atom stereocenters. The topological polar surface area (TPSA) is 66.5 Å². The van der Waals surface area contributed by atoms with Crippen molar-refractivity contribution in [3.05, 3.63) is 88.4 Å². The fraction of sp³-hybridized carbons (Fsp3) is 0.0952. The number of amides is 1. The van der Waals surface area contributed by atoms with Crippen LogP contribution in [0.2, 0.25) is 0 Å². The first kappa shape index (κ1) is 20.1. The zero-order valence-corrected chi connectivity index (χ0v) is 17.8. The Labute approximate surface area is 173 Å². The maximum atomic E-state index is 12.8. The number of nitrogens with zero attached hydrogens (tertiary/aromatic N) is 1. The second-order valence-corrected chi connectivity index (χ2v) is 9.18. The number of rotatable bonds is 5. The Balaban J connectivity index is 1.76. The molecular formula is C21H19BrN2O3S. The number of hydrogen-bond acceptors (Lipinski definition) is 3. The predicted octanol–water partition coefficient (Wildman–Crippen LogP) is 4.83. The van der Waals surface area contributed by atoms with E-state index in [9.17, 15) is 13.2 Å². The van der Waals surface area contributed by atoms with Crippen molar-refractivity contribution in [2.24, 2.45) is 0 Å². The molecule has 0 unspecified atom stereocenters. The van der Waals surface area contributed by atoms with Gasteiger partial charge in [-0.2, -0.15) is 0 Å². The largest absolute Gasteiger partial charge is 0.322 e. The van der Waals surface area contributed by atoms with Crippen LogP contribution in [0.15, 0.2) is 82.2 Å². The maximum Gasteiger partial charge on any atom is 0.264 e. The number of anilines is 2. The Kier molecular flexibility index (Phi) is 5.86. The lowest BCUT2D eigenvalue weighted by Gasteiger charge is -2.20. The third-order valence-electron chi connectivity index (χ3n) is 4.27. The highest BCUT2D eigenvalue weighted by atomic mass is 79.9. The second kappa shape index (κ2) is 8.16. The number of halogens is 1. The van der Waals surface area contributed by atoms with Gasteiger partial charge in [-0.15, -0.1) is 0 Å². The molecule has 0 saturated heterocycles. The minimum absolute atomic E-state index is 0.220. The van der Waals surface area contributed by atoms with Crippen molar-refractivity contribution in [2.45, 2.75) is 11.8 Å². The highest BCUT2D eigenvalue weighted by Gasteiger charge is 2.21. The fourth-order valence-electron chi connectivity index (χ4n) is 2.57. The first-order valence-corrected chi connectivity index (χ1v) is 10.7. The summed E-state index contributed by atoms with van der Waals surface area (Å²) in [7, 11) is -2.17. The summed E-state index contributed by atoms with van der Waals surface area (Å²) < 4.78 is 27.7. The monoisotopic (exact) mass is 458 g/mol. The average Bonchev–Trinajstić information content (AvgIpc) is 2.69. The summed E-state index contributed by atoms with van der Waals surface area (Å²) in [4.78, 5) is 12.6. The van der Waals surface area contributed by atoms with Gasteiger partial charge in [-0.1, -0.05) is 33.6 Å². The molecule has 0 saturated carbocycles. The van der Waals surface area contributed by atoms with Gasteiger partial charge in [-0.25, -0.2) is 8.42 Å². The molecule has 1 N–H and O–H groups in total. The molecule has 3 aromatic rings. The van der Waals surface area contributed by atoms with Gasteiger partial charge < -0.3 is 5.32 Å². The van der Waals surface area contributed by atoms with Crippen molar-refractivity contribution in [1.29, 1.82) is 0 Å². The zero-order chi connectivity index (χ0) is 20.3. The highest BCUT2D eigenvalue weighted by Crippen LogP contribution is 2.23. The average molecular weight is 459 g/mol. The van der Waals surface area contributed by atoms with Gasteiger partial charge in [0.05, 0.1) is 10.6 Å². The number of aryl methyl sites for hydroxylation is 1. The number of sulfonamides is 1. The molecule has 144 valence electrons. The first-order valence-electron chi connectivity index (χ1n) is 8.50. The Bertz CT molecular complexity index is 1080. The molecule has 0 fully saturated rings. The van der Waals surface area contributed by atoms with Gasteiger partial charge in [-0.05, 0) is 67.6 Å². The van der Waals surface area contributed by atoms with E-state index < -0.39 is 10.0 Å². The summed E-state index contributed by atoms with van der Waals surface area (Å²) in [6.07, 6.45) is 0. The normalized spacial score (nSPS) is 11.1. The number of hydrogen-bond donors (Lipinski definition) is 1. The molecule has 5 nitrogen and oxygen atoms in total. The molecule has 3 rings (SSSR count). The van der Waals surface area contributed by atoms with E-state index in [4.69, 9.17) is 0 Å². The second-order valence-electron chi connectivity index (χ2n) is 6.29. The van der Waals surface area contributed by atoms with Gasteiger partial charge in [0.2, 0.25) is 0 Å². The zero-order valence-electron chi connectivity index (χ0n) is 15.4. The number of carbonyl (C=O) groups excluding carboxylic acids is 1. The van der Waals surface area contributed by atoms with Crippen LogP contribution in [0.25, 0.3) is 0 Å². The van der Waals surface area contributed by atoms with Crippen molar-refractivity contribution in [3.8, 4) is 0 Å². The van der Waals surface area contributed by atoms with Crippen LogP contribution in [-0.2, 0) is 10.0 Å². The van der Waals surface area contributed by atoms with Gasteiger partial charge in [0.15, 0.2) is 0 Å². The SMILES string of the molecule is Cc1ccc(S(=O)(=O)N(C)c2ccc(C(=O)Nc3ccc(Br)cc3)cc2)cc1. The standard InChI is InChI=1S/C21H19BrN2O3S/c1-15-3-13-20(14-4-15)28(26,27)24(2)19-11-5-16(6-12-19)21(25)23-18-9-7-17(22)8-10-18/h3-14H,1-2H3,(H,23,25). The van der Waals surface area contributed by atoms with E-state index in [-0.39, 0.29) is 10.8 Å². The first-order chi connectivity index (χ1) is 13.3. The van der Waals surface area contributed by atoms with Crippen molar-refractivity contribution in [2.75, 3.05) is 16.7 Å². The minimum atomic E-state index is -3.67. The van der Waals surface area contributed by atoms with Gasteiger partial charge in [-0.3, -0.25) is 9.10 Å². The Hall–Kier alpha value is -2.64. The molecule has 0 aliphatic carbocycles. The molecule has 3 aromatic carbocycles. The fourth-order valence-corrected chi connectivity index (χ4v) is 4.03. The number of carbonyl (C=O) groups is 1. The third-order valence-corrected chi connectivity index (χ3v) is 6.60. The van der Waals surface area contributed by atoms with Crippen LogP contribution in [0.3, 0.4) is 0 Å². The minimum Gasteiger partial charge on any atom is -0.322 e. The highest BCUT2D eigenvalue weighted by molar-refractivity contribution is 9.10. The van der Waals surface area contributed by atoms with Crippen LogP contribution in [0.4, 0.5) is 11.4 Å². The van der Waals surface area contributed by atoms with Crippen LogP contribution in [0.5, 0.6) is 0 Å². The molecule has 7 heteroatoms. The van der Waals surface area contributed by atoms with Gasteiger partial charge >= 0.3 is 0 Å². The molecule has 0 radical (unpaired) electrons. The third kappa shape index (κ3) is 4.43. The Morgan fingerprint density at radius 2 is 1.46 bits per heavy atom. The molecule has 0 aliphatic rings. The van der Waals surface area contributed by atoms with Gasteiger partial charge in [0, 0.05) is 22.8 Å². The van der Waals surface area contributed by atoms with Crippen molar-refractivity contribution in [3.63, 3.8) is 0 Å². The summed E-state index contributed by atoms with van der Waals surface area (Å²) in [5.41, 5.74) is 2.58. The lowest BCUT2D eigenvalue weighted by molar-refractivity contribution is 0.102. The quantitative estimate of drug-likeness (QED) is 0.594. The van der Waals surface area contributed by atoms with E-state index in [0.717, 1.165) is 10.0 Å². The van der Waals surface area contributed by atoms with E-state index in [1.807, 2.05) is 19.1 Å². The van der Waals surface area contributed by atoms with E-state index >= 15 is 0 Å². The lowest BCUT2D eigenvalue weighted by atomic mass is 10.2. The number of nitrogens with one attached hydrogen (secondary N) is 1. The summed E-state index contributed by atoms with van der Waals surface area (Å²) in [5, 5.41) is 2.80. The molecule has 0 bridgehead atoms. The lowest BCUT2D eigenvalue weighted by Crippen LogP contribution is -2.26. The van der Waals surface area contributed by atoms with E-state index in [1.165, 1.54) is 11.4 Å². The summed E-state index contributed by atoms with van der Waals surface area (Å²) in [5.74, 6) is -0.266. The molecular weight excluding hydrogens is 440 g/mol. The predicted molar refractivity (Wildman–Crippen MR) is 115 cm³/mol. The van der Waals surface area contributed by atoms with Crippen molar-refractivity contribution in [1.82, 2.24) is 0 Å². The van der Waals surface area contributed by atoms with Crippen LogP contribution in [0.1, 0.15) is 15.9 Å². The van der Waals surface area contributed by atoms with Crippen LogP contribution in [-0.4, -0.2) is 21.4 Å². The van der Waals surface area contributed by atoms with Gasteiger partial charge in [0.1, 0.15) is 0 Å². The van der Waals surface area contributed by atoms with Crippen LogP contribution >= 0.6 is 15.9 Å². The summed E-state index contributed by atoms with van der Waals surface area (Å²) in [6.45, 7) is 1.90. The van der Waals surface area contributed by atoms with Crippen molar-refractivity contribution >= 4 is 43.2 Å². The molecule has 0 aliphatic heterocycles. The van der Waals surface area contributed by atoms with E-state index in [1.54, 1.807) is 60.7 Å². The molecule has 0 heterocycles. The Morgan fingerprint density at radius 1 is 0.893 bits per heavy atom. The van der Waals surface area contributed by atoms with Crippen LogP contribution < -0.4 is 9.62 Å². The summed E-state index contributed by atoms with van der Waals surface area (Å²) in [6, 6.07) is 20.4. The summed E-state index contributed by atoms with van der Waals surface area (Å²) >= 11 is 3.35. The molecule has 28 heavy (non-hydrogen) atoms. The molecule has 0 spiro atoms. The molecule has 0 aromatic heterocycles. The van der Waals surface area contributed by atoms with Crippen molar-refractivity contribution < 1.29 is 13.2 Å². The van der Waals surface area contributed by atoms with Gasteiger partial charge in [0.25, 0.3) is 15.9 Å². The van der Waals surface area contributed by atoms with Crippen LogP contribution in [0, 0.1) is 6.92 Å². The Morgan fingerprint density at radius 3 is 2.04 bits per heavy atom. The smallest absolute Gasteiger partial charge is 0.264 e. The maximum absolute atomic E-state index is 12.8. The number of benzene rings is 3. The van der Waals surface area contributed by atoms with E-state index in [0.29, 0.717) is 16.9 Å². The van der Waals surface area contributed by atoms with E-state index in [2.05, 4.69) is 21.2 Å².